The third kappa shape index (κ3) is 2.04. The van der Waals surface area contributed by atoms with Crippen molar-refractivity contribution in [1.29, 1.82) is 0 Å². The molecule has 0 fully saturated rings. The second-order valence-electron chi connectivity index (χ2n) is 3.97. The van der Waals surface area contributed by atoms with E-state index in [9.17, 15) is 4.39 Å². The van der Waals surface area contributed by atoms with Crippen molar-refractivity contribution in [3.05, 3.63) is 47.8 Å². The second kappa shape index (κ2) is 5.08. The number of ether oxygens (including phenoxy) is 2. The Bertz CT molecular complexity index is 542. The first-order valence-corrected chi connectivity index (χ1v) is 5.65. The molecule has 2 aromatic rings. The summed E-state index contributed by atoms with van der Waals surface area (Å²) in [6.07, 6.45) is 0. The Labute approximate surface area is 106 Å². The van der Waals surface area contributed by atoms with Gasteiger partial charge in [0.25, 0.3) is 0 Å². The summed E-state index contributed by atoms with van der Waals surface area (Å²) in [6, 6.07) is 10.7. The molecular formula is C15H15FO2. The second-order valence-corrected chi connectivity index (χ2v) is 3.97. The fourth-order valence-corrected chi connectivity index (χ4v) is 1.96. The van der Waals surface area contributed by atoms with Crippen molar-refractivity contribution in [2.24, 2.45) is 0 Å². The van der Waals surface area contributed by atoms with Crippen molar-refractivity contribution >= 4 is 0 Å². The molecule has 0 unspecified atom stereocenters. The molecule has 0 spiro atoms. The van der Waals surface area contributed by atoms with Gasteiger partial charge in [-0.2, -0.15) is 0 Å². The summed E-state index contributed by atoms with van der Waals surface area (Å²) in [5.41, 5.74) is 1.73. The smallest absolute Gasteiger partial charge is 0.134 e. The molecule has 0 heterocycles. The van der Waals surface area contributed by atoms with Gasteiger partial charge in [0.1, 0.15) is 17.3 Å². The predicted octanol–water partition coefficient (Wildman–Crippen LogP) is 3.82. The molecule has 18 heavy (non-hydrogen) atoms. The van der Waals surface area contributed by atoms with Crippen LogP contribution < -0.4 is 9.47 Å². The van der Waals surface area contributed by atoms with E-state index in [1.54, 1.807) is 45.4 Å². The average Bonchev–Trinajstić information content (AvgIpc) is 2.41. The highest BCUT2D eigenvalue weighted by Crippen LogP contribution is 2.39. The van der Waals surface area contributed by atoms with E-state index in [0.717, 1.165) is 0 Å². The van der Waals surface area contributed by atoms with Gasteiger partial charge < -0.3 is 9.47 Å². The molecule has 0 aliphatic rings. The predicted molar refractivity (Wildman–Crippen MR) is 69.7 cm³/mol. The topological polar surface area (TPSA) is 18.5 Å². The van der Waals surface area contributed by atoms with E-state index in [1.807, 2.05) is 12.1 Å². The number of hydrogen-bond acceptors (Lipinski definition) is 2. The molecule has 2 rings (SSSR count). The summed E-state index contributed by atoms with van der Waals surface area (Å²) in [7, 11) is 3.12. The molecule has 0 amide bonds. The molecule has 0 aliphatic heterocycles. The standard InChI is InChI=1S/C15H15FO2/c1-10-6-4-7-11(15(10)16)14-12(17-2)8-5-9-13(14)18-3/h4-9H,1-3H3. The van der Waals surface area contributed by atoms with Gasteiger partial charge in [-0.25, -0.2) is 4.39 Å². The quantitative estimate of drug-likeness (QED) is 0.819. The van der Waals surface area contributed by atoms with Crippen molar-refractivity contribution in [3.8, 4) is 22.6 Å². The summed E-state index contributed by atoms with van der Waals surface area (Å²) >= 11 is 0. The minimum atomic E-state index is -0.250. The van der Waals surface area contributed by atoms with Crippen LogP contribution >= 0.6 is 0 Å². The van der Waals surface area contributed by atoms with Crippen LogP contribution in [-0.2, 0) is 0 Å². The van der Waals surface area contributed by atoms with Crippen molar-refractivity contribution in [3.63, 3.8) is 0 Å². The van der Waals surface area contributed by atoms with Gasteiger partial charge in [0, 0.05) is 5.56 Å². The zero-order valence-electron chi connectivity index (χ0n) is 10.7. The van der Waals surface area contributed by atoms with Gasteiger partial charge in [0.05, 0.1) is 19.8 Å². The van der Waals surface area contributed by atoms with Crippen LogP contribution in [0.25, 0.3) is 11.1 Å². The van der Waals surface area contributed by atoms with Crippen LogP contribution in [-0.4, -0.2) is 14.2 Å². The number of methoxy groups -OCH3 is 2. The van der Waals surface area contributed by atoms with E-state index >= 15 is 0 Å². The SMILES string of the molecule is COc1cccc(OC)c1-c1cccc(C)c1F. The minimum absolute atomic E-state index is 0.250. The normalized spacial score (nSPS) is 10.2. The largest absolute Gasteiger partial charge is 0.496 e. The lowest BCUT2D eigenvalue weighted by atomic mass is 10.0. The summed E-state index contributed by atoms with van der Waals surface area (Å²) in [4.78, 5) is 0. The third-order valence-corrected chi connectivity index (χ3v) is 2.89. The first-order valence-electron chi connectivity index (χ1n) is 5.65. The molecule has 0 saturated heterocycles. The average molecular weight is 246 g/mol. The van der Waals surface area contributed by atoms with Gasteiger partial charge in [0.15, 0.2) is 0 Å². The van der Waals surface area contributed by atoms with Crippen LogP contribution in [0.3, 0.4) is 0 Å². The van der Waals surface area contributed by atoms with Crippen LogP contribution in [0.1, 0.15) is 5.56 Å². The first-order chi connectivity index (χ1) is 8.69. The Hall–Kier alpha value is -2.03. The fraction of sp³-hybridized carbons (Fsp3) is 0.200. The van der Waals surface area contributed by atoms with Gasteiger partial charge in [-0.1, -0.05) is 24.3 Å². The molecule has 0 radical (unpaired) electrons. The highest BCUT2D eigenvalue weighted by atomic mass is 19.1. The lowest BCUT2D eigenvalue weighted by Gasteiger charge is -2.14. The van der Waals surface area contributed by atoms with Gasteiger partial charge >= 0.3 is 0 Å². The third-order valence-electron chi connectivity index (χ3n) is 2.89. The number of rotatable bonds is 3. The fourth-order valence-electron chi connectivity index (χ4n) is 1.96. The molecule has 0 aliphatic carbocycles. The van der Waals surface area contributed by atoms with Crippen LogP contribution in [0.15, 0.2) is 36.4 Å². The Kier molecular flexibility index (Phi) is 3.51. The Morgan fingerprint density at radius 1 is 0.889 bits per heavy atom. The molecule has 3 heteroatoms. The molecule has 2 aromatic carbocycles. The van der Waals surface area contributed by atoms with Crippen LogP contribution in [0, 0.1) is 12.7 Å². The molecule has 0 atom stereocenters. The Balaban J connectivity index is 2.73. The maximum Gasteiger partial charge on any atom is 0.134 e. The molecule has 2 nitrogen and oxygen atoms in total. The molecule has 0 aromatic heterocycles. The molecule has 0 saturated carbocycles. The van der Waals surface area contributed by atoms with E-state index in [-0.39, 0.29) is 5.82 Å². The molecule has 94 valence electrons. The molecule has 0 bridgehead atoms. The maximum atomic E-state index is 14.2. The Morgan fingerprint density at radius 3 is 2.00 bits per heavy atom. The zero-order chi connectivity index (χ0) is 13.1. The molecule has 0 N–H and O–H groups in total. The monoisotopic (exact) mass is 246 g/mol. The van der Waals surface area contributed by atoms with Gasteiger partial charge in [-0.3, -0.25) is 0 Å². The number of hydrogen-bond donors (Lipinski definition) is 0. The van der Waals surface area contributed by atoms with Crippen molar-refractivity contribution in [1.82, 2.24) is 0 Å². The van der Waals surface area contributed by atoms with E-state index in [2.05, 4.69) is 0 Å². The van der Waals surface area contributed by atoms with Gasteiger partial charge in [0.2, 0.25) is 0 Å². The maximum absolute atomic E-state index is 14.2. The van der Waals surface area contributed by atoms with E-state index in [0.29, 0.717) is 28.2 Å². The molecular weight excluding hydrogens is 231 g/mol. The van der Waals surface area contributed by atoms with E-state index < -0.39 is 0 Å². The summed E-state index contributed by atoms with van der Waals surface area (Å²) in [5, 5.41) is 0. The van der Waals surface area contributed by atoms with Crippen molar-refractivity contribution < 1.29 is 13.9 Å². The lowest BCUT2D eigenvalue weighted by molar-refractivity contribution is 0.397. The highest BCUT2D eigenvalue weighted by Gasteiger charge is 2.16. The van der Waals surface area contributed by atoms with Crippen LogP contribution in [0.5, 0.6) is 11.5 Å². The highest BCUT2D eigenvalue weighted by molar-refractivity contribution is 5.77. The number of benzene rings is 2. The number of halogens is 1. The van der Waals surface area contributed by atoms with E-state index in [1.165, 1.54) is 0 Å². The first kappa shape index (κ1) is 12.4. The lowest BCUT2D eigenvalue weighted by Crippen LogP contribution is -1.96. The summed E-state index contributed by atoms with van der Waals surface area (Å²) < 4.78 is 24.8. The van der Waals surface area contributed by atoms with Gasteiger partial charge in [-0.15, -0.1) is 0 Å². The zero-order valence-corrected chi connectivity index (χ0v) is 10.7. The van der Waals surface area contributed by atoms with Crippen LogP contribution in [0.4, 0.5) is 4.39 Å². The number of aryl methyl sites for hydroxylation is 1. The minimum Gasteiger partial charge on any atom is -0.496 e. The van der Waals surface area contributed by atoms with Crippen molar-refractivity contribution in [2.45, 2.75) is 6.92 Å². The van der Waals surface area contributed by atoms with Gasteiger partial charge in [-0.05, 0) is 24.6 Å². The summed E-state index contributed by atoms with van der Waals surface area (Å²) in [6.45, 7) is 1.74. The van der Waals surface area contributed by atoms with Crippen molar-refractivity contribution in [2.75, 3.05) is 14.2 Å². The van der Waals surface area contributed by atoms with Crippen LogP contribution in [0.2, 0.25) is 0 Å². The summed E-state index contributed by atoms with van der Waals surface area (Å²) in [5.74, 6) is 0.943. The van der Waals surface area contributed by atoms with E-state index in [4.69, 9.17) is 9.47 Å². The Morgan fingerprint density at radius 2 is 1.44 bits per heavy atom.